The zero-order valence-corrected chi connectivity index (χ0v) is 12.7. The third-order valence-electron chi connectivity index (χ3n) is 3.31. The van der Waals surface area contributed by atoms with Crippen molar-refractivity contribution in [2.24, 2.45) is 0 Å². The largest absolute Gasteiger partial charge is 0.492 e. The molecule has 0 unspecified atom stereocenters. The zero-order valence-electron chi connectivity index (χ0n) is 12.7. The summed E-state index contributed by atoms with van der Waals surface area (Å²) in [6, 6.07) is 7.85. The van der Waals surface area contributed by atoms with Crippen molar-refractivity contribution in [2.75, 3.05) is 52.5 Å². The second-order valence-electron chi connectivity index (χ2n) is 5.13. The minimum atomic E-state index is 0.679. The van der Waals surface area contributed by atoms with Gasteiger partial charge >= 0.3 is 0 Å². The van der Waals surface area contributed by atoms with Crippen molar-refractivity contribution in [1.82, 2.24) is 16.0 Å². The molecule has 1 aliphatic rings. The number of hydrogen-bond acceptors (Lipinski definition) is 5. The summed E-state index contributed by atoms with van der Waals surface area (Å²) in [6.07, 6.45) is 2.30. The number of rotatable bonds is 0. The summed E-state index contributed by atoms with van der Waals surface area (Å²) in [5.41, 5.74) is 0. The van der Waals surface area contributed by atoms with Gasteiger partial charge in [-0.05, 0) is 51.2 Å². The molecule has 0 saturated carbocycles. The lowest BCUT2D eigenvalue weighted by molar-refractivity contribution is 0.298. The van der Waals surface area contributed by atoms with Gasteiger partial charge in [-0.2, -0.15) is 0 Å². The molecule has 0 fully saturated rings. The van der Waals surface area contributed by atoms with Crippen molar-refractivity contribution in [2.45, 2.75) is 12.8 Å². The minimum Gasteiger partial charge on any atom is -0.492 e. The summed E-state index contributed by atoms with van der Waals surface area (Å²) in [6.45, 7) is 7.29. The Hall–Kier alpha value is -1.30. The molecule has 5 heteroatoms. The minimum absolute atomic E-state index is 0.679. The van der Waals surface area contributed by atoms with Crippen LogP contribution in [-0.2, 0) is 0 Å². The summed E-state index contributed by atoms with van der Waals surface area (Å²) in [7, 11) is 0. The molecule has 1 aromatic carbocycles. The molecule has 1 heterocycles. The number of nitrogens with one attached hydrogen (secondary N) is 3. The highest BCUT2D eigenvalue weighted by atomic mass is 16.5. The fourth-order valence-corrected chi connectivity index (χ4v) is 2.19. The predicted octanol–water partition coefficient (Wildman–Crippen LogP) is 1.01. The van der Waals surface area contributed by atoms with Gasteiger partial charge in [0, 0.05) is 19.2 Å². The molecule has 0 aromatic heterocycles. The smallest absolute Gasteiger partial charge is 0.123 e. The molecule has 2 rings (SSSR count). The van der Waals surface area contributed by atoms with Crippen LogP contribution >= 0.6 is 0 Å². The van der Waals surface area contributed by atoms with E-state index in [1.807, 2.05) is 24.3 Å². The first kappa shape index (κ1) is 16.1. The Balaban J connectivity index is 1.78. The second kappa shape index (κ2) is 10.4. The molecule has 5 nitrogen and oxygen atoms in total. The lowest BCUT2D eigenvalue weighted by Crippen LogP contribution is -2.28. The number of benzene rings is 1. The van der Waals surface area contributed by atoms with Gasteiger partial charge < -0.3 is 25.4 Å². The van der Waals surface area contributed by atoms with Gasteiger partial charge in [-0.25, -0.2) is 0 Å². The van der Waals surface area contributed by atoms with Gasteiger partial charge in [0.25, 0.3) is 0 Å². The Kier molecular flexibility index (Phi) is 7.99. The van der Waals surface area contributed by atoms with Crippen LogP contribution in [0.2, 0.25) is 0 Å². The van der Waals surface area contributed by atoms with E-state index in [-0.39, 0.29) is 0 Å². The lowest BCUT2D eigenvalue weighted by atomic mass is 10.3. The van der Waals surface area contributed by atoms with Crippen LogP contribution in [-0.4, -0.2) is 52.5 Å². The fourth-order valence-electron chi connectivity index (χ4n) is 2.19. The van der Waals surface area contributed by atoms with Crippen molar-refractivity contribution in [1.29, 1.82) is 0 Å². The van der Waals surface area contributed by atoms with E-state index < -0.39 is 0 Å². The molecule has 21 heavy (non-hydrogen) atoms. The Bertz CT molecular complexity index is 356. The molecular formula is C16H27N3O2. The molecule has 3 N–H and O–H groups in total. The molecule has 1 aromatic rings. The van der Waals surface area contributed by atoms with Crippen LogP contribution in [0.3, 0.4) is 0 Å². The normalized spacial score (nSPS) is 19.6. The van der Waals surface area contributed by atoms with Crippen LogP contribution in [0, 0.1) is 0 Å². The second-order valence-corrected chi connectivity index (χ2v) is 5.13. The Labute approximate surface area is 127 Å². The van der Waals surface area contributed by atoms with E-state index in [4.69, 9.17) is 9.47 Å². The molecular weight excluding hydrogens is 266 g/mol. The van der Waals surface area contributed by atoms with Crippen molar-refractivity contribution in [3.05, 3.63) is 24.3 Å². The van der Waals surface area contributed by atoms with Crippen LogP contribution in [0.25, 0.3) is 0 Å². The van der Waals surface area contributed by atoms with Crippen molar-refractivity contribution < 1.29 is 9.47 Å². The summed E-state index contributed by atoms with van der Waals surface area (Å²) in [5, 5.41) is 10.2. The number of hydrogen-bond donors (Lipinski definition) is 3. The van der Waals surface area contributed by atoms with E-state index in [0.717, 1.165) is 63.6 Å². The van der Waals surface area contributed by atoms with E-state index in [9.17, 15) is 0 Å². The average molecular weight is 293 g/mol. The molecule has 1 aliphatic heterocycles. The van der Waals surface area contributed by atoms with Crippen molar-refractivity contribution in [3.63, 3.8) is 0 Å². The quantitative estimate of drug-likeness (QED) is 0.666. The molecule has 0 spiro atoms. The fraction of sp³-hybridized carbons (Fsp3) is 0.625. The highest BCUT2D eigenvalue weighted by molar-refractivity contribution is 5.32. The third kappa shape index (κ3) is 7.32. The van der Waals surface area contributed by atoms with E-state index in [2.05, 4.69) is 16.0 Å². The third-order valence-corrected chi connectivity index (χ3v) is 3.31. The van der Waals surface area contributed by atoms with E-state index in [1.165, 1.54) is 0 Å². The van der Waals surface area contributed by atoms with Crippen LogP contribution in [0.5, 0.6) is 11.5 Å². The topological polar surface area (TPSA) is 54.5 Å². The Morgan fingerprint density at radius 2 is 1.14 bits per heavy atom. The van der Waals surface area contributed by atoms with E-state index in [0.29, 0.717) is 13.2 Å². The first-order valence-corrected chi connectivity index (χ1v) is 7.93. The highest BCUT2D eigenvalue weighted by Crippen LogP contribution is 2.19. The summed E-state index contributed by atoms with van der Waals surface area (Å²) in [5.74, 6) is 1.73. The van der Waals surface area contributed by atoms with Gasteiger partial charge in [0.2, 0.25) is 0 Å². The number of ether oxygens (including phenoxy) is 2. The molecule has 2 bridgehead atoms. The highest BCUT2D eigenvalue weighted by Gasteiger charge is 1.99. The first-order chi connectivity index (χ1) is 10.4. The average Bonchev–Trinajstić information content (AvgIpc) is 2.51. The summed E-state index contributed by atoms with van der Waals surface area (Å²) in [4.78, 5) is 0. The van der Waals surface area contributed by atoms with Crippen LogP contribution in [0.1, 0.15) is 12.8 Å². The maximum absolute atomic E-state index is 5.72. The maximum atomic E-state index is 5.72. The summed E-state index contributed by atoms with van der Waals surface area (Å²) >= 11 is 0. The maximum Gasteiger partial charge on any atom is 0.123 e. The van der Waals surface area contributed by atoms with Gasteiger partial charge in [0.05, 0.1) is 0 Å². The van der Waals surface area contributed by atoms with Crippen LogP contribution < -0.4 is 25.4 Å². The Morgan fingerprint density at radius 1 is 0.667 bits per heavy atom. The van der Waals surface area contributed by atoms with Gasteiger partial charge in [-0.3, -0.25) is 0 Å². The standard InChI is InChI=1S/C16H27N3O2/c1-4-15-14-16(5-1)21-13-11-19-9-3-7-17-6-2-8-18-10-12-20-15/h1,4-5,14,17-19H,2-3,6-13H2. The molecule has 0 atom stereocenters. The van der Waals surface area contributed by atoms with Gasteiger partial charge in [-0.15, -0.1) is 0 Å². The van der Waals surface area contributed by atoms with Crippen molar-refractivity contribution >= 4 is 0 Å². The van der Waals surface area contributed by atoms with E-state index >= 15 is 0 Å². The molecule has 0 aliphatic carbocycles. The van der Waals surface area contributed by atoms with Gasteiger partial charge in [-0.1, -0.05) is 6.07 Å². The predicted molar refractivity (Wildman–Crippen MR) is 85.3 cm³/mol. The lowest BCUT2D eigenvalue weighted by Gasteiger charge is -2.12. The Morgan fingerprint density at radius 3 is 1.67 bits per heavy atom. The zero-order chi connectivity index (χ0) is 14.6. The van der Waals surface area contributed by atoms with Gasteiger partial charge in [0.15, 0.2) is 0 Å². The van der Waals surface area contributed by atoms with Crippen LogP contribution in [0.4, 0.5) is 0 Å². The monoisotopic (exact) mass is 293 g/mol. The van der Waals surface area contributed by atoms with Crippen LogP contribution in [0.15, 0.2) is 24.3 Å². The molecule has 0 radical (unpaired) electrons. The number of fused-ring (bicyclic) bond motifs is 2. The molecule has 118 valence electrons. The molecule has 0 saturated heterocycles. The first-order valence-electron chi connectivity index (χ1n) is 7.93. The van der Waals surface area contributed by atoms with E-state index in [1.54, 1.807) is 0 Å². The van der Waals surface area contributed by atoms with Gasteiger partial charge in [0.1, 0.15) is 24.7 Å². The summed E-state index contributed by atoms with van der Waals surface area (Å²) < 4.78 is 11.4. The van der Waals surface area contributed by atoms with Crippen molar-refractivity contribution in [3.8, 4) is 11.5 Å². The molecule has 0 amide bonds. The SMILES string of the molecule is c1cc2cc(c1)OCCNCCCNCCCNCCO2.